The monoisotopic (exact) mass is 311 g/mol. The van der Waals surface area contributed by atoms with Gasteiger partial charge in [0.05, 0.1) is 9.95 Å². The molecule has 21 heavy (non-hydrogen) atoms. The fourth-order valence-corrected chi connectivity index (χ4v) is 1.94. The van der Waals surface area contributed by atoms with Crippen LogP contribution in [0.5, 0.6) is 0 Å². The van der Waals surface area contributed by atoms with Crippen molar-refractivity contribution in [2.45, 2.75) is 6.92 Å². The van der Waals surface area contributed by atoms with E-state index in [1.165, 1.54) is 13.1 Å². The summed E-state index contributed by atoms with van der Waals surface area (Å²) >= 11 is 5.93. The minimum Gasteiger partial charge on any atom is -0.408 e. The molecule has 1 amide bonds. The number of nitro benzene ring substituents is 1. The average molecular weight is 312 g/mol. The van der Waals surface area contributed by atoms with Crippen LogP contribution in [0.2, 0.25) is 5.02 Å². The van der Waals surface area contributed by atoms with Gasteiger partial charge in [0.15, 0.2) is 0 Å². The standard InChI is InChI=1S/C11H10ClN5O4/c1-5-15-16-11(21-5)14-10(18)6-3-7(12)9(13-2)8(4-6)17(19)20/h3-4,13H,1-2H3,(H,14,16,18). The zero-order valence-electron chi connectivity index (χ0n) is 11.0. The number of aryl methyl sites for hydroxylation is 1. The summed E-state index contributed by atoms with van der Waals surface area (Å²) < 4.78 is 5.00. The summed E-state index contributed by atoms with van der Waals surface area (Å²) in [5.41, 5.74) is -0.176. The van der Waals surface area contributed by atoms with Gasteiger partial charge in [-0.25, -0.2) is 0 Å². The fraction of sp³-hybridized carbons (Fsp3) is 0.182. The summed E-state index contributed by atoms with van der Waals surface area (Å²) in [7, 11) is 1.50. The molecule has 0 spiro atoms. The molecular formula is C11H10ClN5O4. The van der Waals surface area contributed by atoms with E-state index in [0.29, 0.717) is 0 Å². The second kappa shape index (κ2) is 5.75. The molecule has 2 rings (SSSR count). The zero-order valence-corrected chi connectivity index (χ0v) is 11.8. The minimum absolute atomic E-state index is 0.00144. The van der Waals surface area contributed by atoms with Crippen LogP contribution < -0.4 is 10.6 Å². The molecule has 0 atom stereocenters. The summed E-state index contributed by atoms with van der Waals surface area (Å²) in [4.78, 5) is 22.4. The van der Waals surface area contributed by atoms with Gasteiger partial charge in [-0.15, -0.1) is 5.10 Å². The molecule has 0 aliphatic rings. The maximum atomic E-state index is 12.0. The van der Waals surface area contributed by atoms with Crippen molar-refractivity contribution in [3.8, 4) is 0 Å². The number of carbonyl (C=O) groups excluding carboxylic acids is 1. The van der Waals surface area contributed by atoms with Gasteiger partial charge in [0.25, 0.3) is 11.6 Å². The lowest BCUT2D eigenvalue weighted by atomic mass is 10.1. The highest BCUT2D eigenvalue weighted by Crippen LogP contribution is 2.33. The Balaban J connectivity index is 2.35. The lowest BCUT2D eigenvalue weighted by Gasteiger charge is -2.07. The molecular weight excluding hydrogens is 302 g/mol. The molecule has 1 aromatic heterocycles. The Bertz CT molecular complexity index is 715. The maximum Gasteiger partial charge on any atom is 0.322 e. The van der Waals surface area contributed by atoms with Gasteiger partial charge in [0.1, 0.15) is 5.69 Å². The fourth-order valence-electron chi connectivity index (χ4n) is 1.63. The van der Waals surface area contributed by atoms with Crippen molar-refractivity contribution in [2.24, 2.45) is 0 Å². The van der Waals surface area contributed by atoms with Gasteiger partial charge in [0, 0.05) is 25.6 Å². The number of nitrogens with zero attached hydrogens (tertiary/aromatic N) is 3. The highest BCUT2D eigenvalue weighted by Gasteiger charge is 2.21. The normalized spacial score (nSPS) is 10.2. The molecule has 0 bridgehead atoms. The number of benzene rings is 1. The van der Waals surface area contributed by atoms with Crippen LogP contribution in [-0.4, -0.2) is 28.1 Å². The number of nitrogens with one attached hydrogen (secondary N) is 2. The Labute approximate surface area is 123 Å². The van der Waals surface area contributed by atoms with Crippen molar-refractivity contribution >= 4 is 34.9 Å². The van der Waals surface area contributed by atoms with Crippen molar-refractivity contribution < 1.29 is 14.1 Å². The molecule has 0 unspecified atom stereocenters. The van der Waals surface area contributed by atoms with E-state index in [9.17, 15) is 14.9 Å². The molecule has 10 heteroatoms. The summed E-state index contributed by atoms with van der Waals surface area (Å²) in [5, 5.41) is 23.2. The summed E-state index contributed by atoms with van der Waals surface area (Å²) in [5.74, 6) is -0.369. The van der Waals surface area contributed by atoms with E-state index in [1.54, 1.807) is 6.92 Å². The molecule has 0 radical (unpaired) electrons. The predicted molar refractivity (Wildman–Crippen MR) is 74.6 cm³/mol. The quantitative estimate of drug-likeness (QED) is 0.655. The largest absolute Gasteiger partial charge is 0.408 e. The molecule has 0 aliphatic carbocycles. The van der Waals surface area contributed by atoms with Crippen LogP contribution in [0, 0.1) is 17.0 Å². The number of halogens is 1. The number of carbonyl (C=O) groups is 1. The third-order valence-electron chi connectivity index (χ3n) is 2.52. The third-order valence-corrected chi connectivity index (χ3v) is 2.82. The first-order valence-corrected chi connectivity index (χ1v) is 6.07. The number of hydrogen-bond donors (Lipinski definition) is 2. The number of rotatable bonds is 4. The first-order chi connectivity index (χ1) is 9.92. The van der Waals surface area contributed by atoms with E-state index in [4.69, 9.17) is 16.0 Å². The van der Waals surface area contributed by atoms with E-state index in [-0.39, 0.29) is 33.9 Å². The van der Waals surface area contributed by atoms with Crippen molar-refractivity contribution in [3.63, 3.8) is 0 Å². The molecule has 9 nitrogen and oxygen atoms in total. The predicted octanol–water partition coefficient (Wildman–Crippen LogP) is 2.23. The van der Waals surface area contributed by atoms with Crippen molar-refractivity contribution in [2.75, 3.05) is 17.7 Å². The number of hydrogen-bond acceptors (Lipinski definition) is 7. The zero-order chi connectivity index (χ0) is 15.6. The molecule has 110 valence electrons. The minimum atomic E-state index is -0.647. The summed E-state index contributed by atoms with van der Waals surface area (Å²) in [6.45, 7) is 1.56. The third kappa shape index (κ3) is 3.08. The molecule has 0 fully saturated rings. The topological polar surface area (TPSA) is 123 Å². The van der Waals surface area contributed by atoms with Crippen molar-refractivity contribution in [1.82, 2.24) is 10.2 Å². The number of amides is 1. The lowest BCUT2D eigenvalue weighted by Crippen LogP contribution is -2.13. The molecule has 0 aliphatic heterocycles. The van der Waals surface area contributed by atoms with Crippen LogP contribution in [0.25, 0.3) is 0 Å². The smallest absolute Gasteiger partial charge is 0.322 e. The van der Waals surface area contributed by atoms with E-state index in [1.807, 2.05) is 0 Å². The first-order valence-electron chi connectivity index (χ1n) is 5.69. The summed E-state index contributed by atoms with van der Waals surface area (Å²) in [6, 6.07) is 2.31. The van der Waals surface area contributed by atoms with Gasteiger partial charge in [0.2, 0.25) is 5.89 Å². The van der Waals surface area contributed by atoms with Crippen LogP contribution in [0.3, 0.4) is 0 Å². The second-order valence-electron chi connectivity index (χ2n) is 3.94. The van der Waals surface area contributed by atoms with Crippen LogP contribution in [0.4, 0.5) is 17.4 Å². The lowest BCUT2D eigenvalue weighted by molar-refractivity contribution is -0.383. The molecule has 2 N–H and O–H groups in total. The number of aromatic nitrogens is 2. The Hall–Kier alpha value is -2.68. The van der Waals surface area contributed by atoms with Gasteiger partial charge >= 0.3 is 6.01 Å². The molecule has 0 saturated carbocycles. The number of nitro groups is 1. The van der Waals surface area contributed by atoms with Crippen LogP contribution in [0.15, 0.2) is 16.5 Å². The average Bonchev–Trinajstić information content (AvgIpc) is 2.82. The van der Waals surface area contributed by atoms with Crippen LogP contribution in [0.1, 0.15) is 16.2 Å². The Morgan fingerprint density at radius 3 is 2.67 bits per heavy atom. The Morgan fingerprint density at radius 2 is 2.14 bits per heavy atom. The molecule has 2 aromatic rings. The van der Waals surface area contributed by atoms with Crippen LogP contribution in [-0.2, 0) is 0 Å². The van der Waals surface area contributed by atoms with Gasteiger partial charge in [-0.3, -0.25) is 20.2 Å². The first kappa shape index (κ1) is 14.7. The van der Waals surface area contributed by atoms with E-state index >= 15 is 0 Å². The Morgan fingerprint density at radius 1 is 1.43 bits per heavy atom. The summed E-state index contributed by atoms with van der Waals surface area (Å²) in [6.07, 6.45) is 0. The van der Waals surface area contributed by atoms with Gasteiger partial charge < -0.3 is 9.73 Å². The van der Waals surface area contributed by atoms with Gasteiger partial charge in [-0.1, -0.05) is 16.7 Å². The maximum absolute atomic E-state index is 12.0. The second-order valence-corrected chi connectivity index (χ2v) is 4.35. The van der Waals surface area contributed by atoms with Crippen LogP contribution >= 0.6 is 11.6 Å². The highest BCUT2D eigenvalue weighted by atomic mass is 35.5. The van der Waals surface area contributed by atoms with E-state index < -0.39 is 10.8 Å². The molecule has 0 saturated heterocycles. The van der Waals surface area contributed by atoms with E-state index in [2.05, 4.69) is 20.8 Å². The van der Waals surface area contributed by atoms with E-state index in [0.717, 1.165) is 6.07 Å². The number of anilines is 2. The van der Waals surface area contributed by atoms with Gasteiger partial charge in [-0.05, 0) is 6.07 Å². The molecule has 1 heterocycles. The van der Waals surface area contributed by atoms with Crippen molar-refractivity contribution in [3.05, 3.63) is 38.7 Å². The van der Waals surface area contributed by atoms with Crippen molar-refractivity contribution in [1.29, 1.82) is 0 Å². The van der Waals surface area contributed by atoms with Gasteiger partial charge in [-0.2, -0.15) is 0 Å². The molecule has 1 aromatic carbocycles. The Kier molecular flexibility index (Phi) is 4.03. The SMILES string of the molecule is CNc1c(Cl)cc(C(=O)Nc2nnc(C)o2)cc1[N+](=O)[O-]. The highest BCUT2D eigenvalue weighted by molar-refractivity contribution is 6.34.